The minimum atomic E-state index is -0.240. The highest BCUT2D eigenvalue weighted by Crippen LogP contribution is 2.09. The summed E-state index contributed by atoms with van der Waals surface area (Å²) in [4.78, 5) is 0. The van der Waals surface area contributed by atoms with Gasteiger partial charge in [0.25, 0.3) is 0 Å². The Morgan fingerprint density at radius 1 is 1.39 bits per heavy atom. The lowest BCUT2D eigenvalue weighted by atomic mass is 10.0. The molecule has 1 aliphatic heterocycles. The van der Waals surface area contributed by atoms with E-state index in [0.29, 0.717) is 18.5 Å². The van der Waals surface area contributed by atoms with Crippen LogP contribution in [0.15, 0.2) is 24.3 Å². The van der Waals surface area contributed by atoms with Gasteiger partial charge in [-0.2, -0.15) is 0 Å². The zero-order chi connectivity index (χ0) is 13.0. The number of hydrogen-bond acceptors (Lipinski definition) is 3. The SMILES string of the molecule is CC(Cc1ccc(F)cc1)NCC1CNCC1O. The first-order valence-corrected chi connectivity index (χ1v) is 6.52. The molecule has 3 N–H and O–H groups in total. The number of nitrogens with one attached hydrogen (secondary N) is 2. The maximum Gasteiger partial charge on any atom is 0.123 e. The highest BCUT2D eigenvalue weighted by Gasteiger charge is 2.24. The van der Waals surface area contributed by atoms with E-state index in [1.807, 2.05) is 12.1 Å². The molecule has 1 saturated heterocycles. The normalized spacial score (nSPS) is 25.3. The number of benzene rings is 1. The lowest BCUT2D eigenvalue weighted by Gasteiger charge is -2.19. The first-order chi connectivity index (χ1) is 8.65. The Bertz CT molecular complexity index is 369. The van der Waals surface area contributed by atoms with Crippen molar-refractivity contribution in [1.82, 2.24) is 10.6 Å². The molecule has 0 saturated carbocycles. The smallest absolute Gasteiger partial charge is 0.123 e. The second kappa shape index (κ2) is 6.27. The van der Waals surface area contributed by atoms with E-state index in [4.69, 9.17) is 0 Å². The predicted molar refractivity (Wildman–Crippen MR) is 69.9 cm³/mol. The number of halogens is 1. The van der Waals surface area contributed by atoms with Gasteiger partial charge in [-0.25, -0.2) is 4.39 Å². The molecule has 2 rings (SSSR count). The van der Waals surface area contributed by atoms with E-state index >= 15 is 0 Å². The summed E-state index contributed by atoms with van der Waals surface area (Å²) in [5, 5.41) is 16.3. The van der Waals surface area contributed by atoms with E-state index in [1.54, 1.807) is 0 Å². The van der Waals surface area contributed by atoms with E-state index in [1.165, 1.54) is 12.1 Å². The van der Waals surface area contributed by atoms with E-state index in [2.05, 4.69) is 17.6 Å². The van der Waals surface area contributed by atoms with Crippen LogP contribution in [0.4, 0.5) is 4.39 Å². The highest BCUT2D eigenvalue weighted by atomic mass is 19.1. The standard InChI is InChI=1S/C14H21FN2O/c1-10(6-11-2-4-13(15)5-3-11)17-8-12-7-16-9-14(12)18/h2-5,10,12,14,16-18H,6-9H2,1H3. The maximum atomic E-state index is 12.8. The molecule has 3 atom stereocenters. The first-order valence-electron chi connectivity index (χ1n) is 6.52. The molecule has 0 amide bonds. The number of β-amino-alcohol motifs (C(OH)–C–C–N with tert-alkyl or cyclic N) is 1. The fourth-order valence-corrected chi connectivity index (χ4v) is 2.33. The maximum absolute atomic E-state index is 12.8. The van der Waals surface area contributed by atoms with Gasteiger partial charge in [0.2, 0.25) is 0 Å². The van der Waals surface area contributed by atoms with Crippen LogP contribution in [0.25, 0.3) is 0 Å². The summed E-state index contributed by atoms with van der Waals surface area (Å²) in [6.45, 7) is 4.49. The summed E-state index contributed by atoms with van der Waals surface area (Å²) in [7, 11) is 0. The Kier molecular flexibility index (Phi) is 4.69. The quantitative estimate of drug-likeness (QED) is 0.730. The van der Waals surface area contributed by atoms with Crippen molar-refractivity contribution in [2.24, 2.45) is 5.92 Å². The van der Waals surface area contributed by atoms with Crippen molar-refractivity contribution in [2.75, 3.05) is 19.6 Å². The van der Waals surface area contributed by atoms with Crippen molar-refractivity contribution >= 4 is 0 Å². The van der Waals surface area contributed by atoms with Gasteiger partial charge in [-0.3, -0.25) is 0 Å². The van der Waals surface area contributed by atoms with Gasteiger partial charge in [-0.15, -0.1) is 0 Å². The Balaban J connectivity index is 1.74. The van der Waals surface area contributed by atoms with Gasteiger partial charge in [0.1, 0.15) is 5.82 Å². The van der Waals surface area contributed by atoms with Crippen LogP contribution >= 0.6 is 0 Å². The highest BCUT2D eigenvalue weighted by molar-refractivity contribution is 5.17. The van der Waals surface area contributed by atoms with Crippen LogP contribution in [-0.4, -0.2) is 36.9 Å². The van der Waals surface area contributed by atoms with Crippen LogP contribution in [0, 0.1) is 11.7 Å². The van der Waals surface area contributed by atoms with Crippen LogP contribution in [0.3, 0.4) is 0 Å². The zero-order valence-electron chi connectivity index (χ0n) is 10.7. The number of aliphatic hydroxyl groups excluding tert-OH is 1. The van der Waals surface area contributed by atoms with Crippen molar-refractivity contribution < 1.29 is 9.50 Å². The molecule has 0 aromatic heterocycles. The third kappa shape index (κ3) is 3.77. The van der Waals surface area contributed by atoms with Crippen LogP contribution in [0.1, 0.15) is 12.5 Å². The van der Waals surface area contributed by atoms with Gasteiger partial charge in [0.05, 0.1) is 6.10 Å². The third-order valence-electron chi connectivity index (χ3n) is 3.49. The molecule has 3 nitrogen and oxygen atoms in total. The average Bonchev–Trinajstić information content (AvgIpc) is 2.75. The monoisotopic (exact) mass is 252 g/mol. The molecule has 4 heteroatoms. The van der Waals surface area contributed by atoms with Crippen molar-refractivity contribution in [3.8, 4) is 0 Å². The average molecular weight is 252 g/mol. The molecule has 0 radical (unpaired) electrons. The van der Waals surface area contributed by atoms with Gasteiger partial charge >= 0.3 is 0 Å². The van der Waals surface area contributed by atoms with E-state index < -0.39 is 0 Å². The first kappa shape index (κ1) is 13.5. The molecule has 1 heterocycles. The minimum absolute atomic E-state index is 0.195. The Morgan fingerprint density at radius 2 is 2.11 bits per heavy atom. The molecule has 0 spiro atoms. The second-order valence-electron chi connectivity index (χ2n) is 5.13. The summed E-state index contributed by atoms with van der Waals surface area (Å²) in [5.41, 5.74) is 1.13. The largest absolute Gasteiger partial charge is 0.391 e. The topological polar surface area (TPSA) is 44.3 Å². The third-order valence-corrected chi connectivity index (χ3v) is 3.49. The number of aliphatic hydroxyl groups is 1. The zero-order valence-corrected chi connectivity index (χ0v) is 10.7. The van der Waals surface area contributed by atoms with Gasteiger partial charge in [-0.1, -0.05) is 12.1 Å². The molecule has 0 aliphatic carbocycles. The predicted octanol–water partition coefficient (Wildman–Crippen LogP) is 0.927. The lowest BCUT2D eigenvalue weighted by Crippen LogP contribution is -2.36. The molecule has 100 valence electrons. The van der Waals surface area contributed by atoms with Crippen molar-refractivity contribution in [2.45, 2.75) is 25.5 Å². The summed E-state index contributed by atoms with van der Waals surface area (Å²) >= 11 is 0. The summed E-state index contributed by atoms with van der Waals surface area (Å²) in [6.07, 6.45) is 0.631. The van der Waals surface area contributed by atoms with Crippen molar-refractivity contribution in [3.05, 3.63) is 35.6 Å². The van der Waals surface area contributed by atoms with Gasteiger partial charge in [-0.05, 0) is 31.0 Å². The molecule has 1 aromatic rings. The van der Waals surface area contributed by atoms with Gasteiger partial charge < -0.3 is 15.7 Å². The molecule has 1 aromatic carbocycles. The van der Waals surface area contributed by atoms with Crippen molar-refractivity contribution in [3.63, 3.8) is 0 Å². The van der Waals surface area contributed by atoms with Gasteiger partial charge in [0.15, 0.2) is 0 Å². The molecule has 18 heavy (non-hydrogen) atoms. The van der Waals surface area contributed by atoms with E-state index in [-0.39, 0.29) is 11.9 Å². The summed E-state index contributed by atoms with van der Waals surface area (Å²) in [5.74, 6) is 0.0974. The number of hydrogen-bond donors (Lipinski definition) is 3. The Labute approximate surface area is 107 Å². The fraction of sp³-hybridized carbons (Fsp3) is 0.571. The van der Waals surface area contributed by atoms with E-state index in [0.717, 1.165) is 25.1 Å². The van der Waals surface area contributed by atoms with Crippen LogP contribution < -0.4 is 10.6 Å². The molecular formula is C14H21FN2O. The minimum Gasteiger partial charge on any atom is -0.391 e. The summed E-state index contributed by atoms with van der Waals surface area (Å²) in [6, 6.07) is 6.95. The Morgan fingerprint density at radius 3 is 2.72 bits per heavy atom. The van der Waals surface area contributed by atoms with Crippen LogP contribution in [-0.2, 0) is 6.42 Å². The summed E-state index contributed by atoms with van der Waals surface area (Å²) < 4.78 is 12.8. The van der Waals surface area contributed by atoms with Crippen molar-refractivity contribution in [1.29, 1.82) is 0 Å². The van der Waals surface area contributed by atoms with E-state index in [9.17, 15) is 9.50 Å². The Hall–Kier alpha value is -0.970. The lowest BCUT2D eigenvalue weighted by molar-refractivity contribution is 0.145. The molecule has 1 fully saturated rings. The van der Waals surface area contributed by atoms with Crippen LogP contribution in [0.2, 0.25) is 0 Å². The molecule has 3 unspecified atom stereocenters. The second-order valence-corrected chi connectivity index (χ2v) is 5.13. The molecular weight excluding hydrogens is 231 g/mol. The van der Waals surface area contributed by atoms with Crippen LogP contribution in [0.5, 0.6) is 0 Å². The van der Waals surface area contributed by atoms with Gasteiger partial charge in [0, 0.05) is 31.6 Å². The molecule has 1 aliphatic rings. The molecule has 0 bridgehead atoms. The number of rotatable bonds is 5. The fourth-order valence-electron chi connectivity index (χ4n) is 2.33.